The average molecular weight is 808 g/mol. The molecular weight excluding hydrogens is 767 g/mol. The van der Waals surface area contributed by atoms with Crippen molar-refractivity contribution in [1.29, 1.82) is 0 Å². The molecule has 1 atom stereocenters. The Hall–Kier alpha value is -7.26. The van der Waals surface area contributed by atoms with E-state index in [2.05, 4.69) is 231 Å². The first-order valence-electron chi connectivity index (χ1n) is 21.7. The number of thiophene rings is 1. The number of hydrogen-bond donors (Lipinski definition) is 0. The lowest BCUT2D eigenvalue weighted by Gasteiger charge is -2.35. The second-order valence-electron chi connectivity index (χ2n) is 17.6. The van der Waals surface area contributed by atoms with Crippen LogP contribution in [-0.2, 0) is 10.8 Å². The van der Waals surface area contributed by atoms with E-state index < -0.39 is 5.41 Å². The summed E-state index contributed by atoms with van der Waals surface area (Å²) in [7, 11) is 0. The molecule has 1 unspecified atom stereocenters. The molecule has 2 aliphatic rings. The van der Waals surface area contributed by atoms with Gasteiger partial charge in [0.2, 0.25) is 0 Å². The van der Waals surface area contributed by atoms with Crippen LogP contribution in [0.1, 0.15) is 47.2 Å². The van der Waals surface area contributed by atoms with Gasteiger partial charge in [-0.2, -0.15) is 0 Å². The lowest BCUT2D eigenvalue weighted by Crippen LogP contribution is -2.29. The minimum Gasteiger partial charge on any atom is -0.310 e. The normalized spacial score (nSPS) is 15.8. The molecule has 1 heterocycles. The molecule has 0 amide bonds. The second-order valence-corrected chi connectivity index (χ2v) is 18.7. The molecule has 11 aromatic rings. The Balaban J connectivity index is 1.11. The van der Waals surface area contributed by atoms with Crippen molar-refractivity contribution in [2.75, 3.05) is 4.90 Å². The van der Waals surface area contributed by atoms with Gasteiger partial charge >= 0.3 is 0 Å². The number of benzene rings is 10. The van der Waals surface area contributed by atoms with E-state index in [-0.39, 0.29) is 5.41 Å². The van der Waals surface area contributed by atoms with E-state index >= 15 is 0 Å². The first kappa shape index (κ1) is 35.5. The number of fused-ring (bicyclic) bond motifs is 6. The average Bonchev–Trinajstić information content (AvgIpc) is 3.93. The van der Waals surface area contributed by atoms with Crippen LogP contribution in [0.4, 0.5) is 17.1 Å². The third kappa shape index (κ3) is 4.90. The Labute approximate surface area is 365 Å². The van der Waals surface area contributed by atoms with Crippen molar-refractivity contribution in [3.63, 3.8) is 0 Å². The van der Waals surface area contributed by atoms with Gasteiger partial charge in [0.25, 0.3) is 0 Å². The van der Waals surface area contributed by atoms with Crippen LogP contribution >= 0.6 is 11.3 Å². The highest BCUT2D eigenvalue weighted by Gasteiger charge is 2.46. The molecule has 10 aromatic carbocycles. The van der Waals surface area contributed by atoms with E-state index in [1.807, 2.05) is 11.3 Å². The van der Waals surface area contributed by atoms with Gasteiger partial charge in [0.1, 0.15) is 0 Å². The van der Waals surface area contributed by atoms with Gasteiger partial charge in [-0.1, -0.05) is 178 Å². The summed E-state index contributed by atoms with van der Waals surface area (Å²) in [6, 6.07) is 80.0. The van der Waals surface area contributed by atoms with Gasteiger partial charge in [0, 0.05) is 42.6 Å². The van der Waals surface area contributed by atoms with E-state index in [1.54, 1.807) is 0 Å². The largest absolute Gasteiger partial charge is 0.310 e. The quantitative estimate of drug-likeness (QED) is 0.151. The fourth-order valence-electron chi connectivity index (χ4n) is 11.3. The molecule has 62 heavy (non-hydrogen) atoms. The smallest absolute Gasteiger partial charge is 0.0715 e. The highest BCUT2D eigenvalue weighted by molar-refractivity contribution is 7.25. The van der Waals surface area contributed by atoms with Crippen LogP contribution in [0.25, 0.3) is 64.0 Å². The van der Waals surface area contributed by atoms with Crippen LogP contribution in [0.15, 0.2) is 212 Å². The molecule has 0 bridgehead atoms. The molecule has 2 aliphatic carbocycles. The van der Waals surface area contributed by atoms with Crippen LogP contribution in [-0.4, -0.2) is 0 Å². The Kier molecular flexibility index (Phi) is 7.51. The van der Waals surface area contributed by atoms with Gasteiger partial charge in [0.05, 0.1) is 5.41 Å². The van der Waals surface area contributed by atoms with Gasteiger partial charge in [-0.25, -0.2) is 0 Å². The molecule has 0 saturated heterocycles. The van der Waals surface area contributed by atoms with Crippen LogP contribution in [0.3, 0.4) is 0 Å². The first-order valence-corrected chi connectivity index (χ1v) is 22.5. The van der Waals surface area contributed by atoms with Crippen molar-refractivity contribution >= 4 is 70.1 Å². The van der Waals surface area contributed by atoms with Crippen molar-refractivity contribution in [1.82, 2.24) is 0 Å². The standard InChI is InChI=1S/C60H41NS/c1-59(2)51-24-11-9-22-47(51)48-32-30-45(36-53(48)59)61(44-21-13-18-40(33-44)38-15-5-3-6-16-38)46-34-41-28-27-39-17-14-25-52-57(39)58(41)54(37-46)60(52,42-19-7-4-8-20-42)43-29-31-50-49-23-10-12-26-55(49)62-56(50)35-43/h3-37H,1-2H3. The third-order valence-corrected chi connectivity index (χ3v) is 15.2. The third-order valence-electron chi connectivity index (χ3n) is 14.1. The van der Waals surface area contributed by atoms with Crippen molar-refractivity contribution in [3.8, 4) is 22.3 Å². The van der Waals surface area contributed by atoms with Crippen LogP contribution in [0.5, 0.6) is 0 Å². The van der Waals surface area contributed by atoms with Gasteiger partial charge in [-0.3, -0.25) is 0 Å². The van der Waals surface area contributed by atoms with Gasteiger partial charge < -0.3 is 4.90 Å². The molecule has 13 rings (SSSR count). The Morgan fingerprint density at radius 1 is 0.371 bits per heavy atom. The number of rotatable bonds is 6. The van der Waals surface area contributed by atoms with Crippen LogP contribution in [0, 0.1) is 0 Å². The summed E-state index contributed by atoms with van der Waals surface area (Å²) < 4.78 is 2.64. The zero-order chi connectivity index (χ0) is 41.2. The van der Waals surface area contributed by atoms with Crippen molar-refractivity contribution < 1.29 is 0 Å². The summed E-state index contributed by atoms with van der Waals surface area (Å²) in [6.07, 6.45) is 0. The van der Waals surface area contributed by atoms with E-state index in [9.17, 15) is 0 Å². The Bertz CT molecular complexity index is 3620. The van der Waals surface area contributed by atoms with Crippen molar-refractivity contribution in [3.05, 3.63) is 246 Å². The molecule has 0 saturated carbocycles. The monoisotopic (exact) mass is 807 g/mol. The molecule has 0 aliphatic heterocycles. The minimum absolute atomic E-state index is 0.141. The fourth-order valence-corrected chi connectivity index (χ4v) is 12.4. The van der Waals surface area contributed by atoms with Gasteiger partial charge in [-0.15, -0.1) is 11.3 Å². The van der Waals surface area contributed by atoms with E-state index in [0.717, 1.165) is 17.1 Å². The lowest BCUT2D eigenvalue weighted by atomic mass is 9.67. The molecule has 0 radical (unpaired) electrons. The highest BCUT2D eigenvalue weighted by Crippen LogP contribution is 2.58. The number of hydrogen-bond acceptors (Lipinski definition) is 2. The zero-order valence-corrected chi connectivity index (χ0v) is 35.4. The predicted molar refractivity (Wildman–Crippen MR) is 264 cm³/mol. The van der Waals surface area contributed by atoms with Gasteiger partial charge in [-0.05, 0) is 126 Å². The molecule has 292 valence electrons. The fraction of sp³-hybridized carbons (Fsp3) is 0.0667. The van der Waals surface area contributed by atoms with E-state index in [4.69, 9.17) is 0 Å². The summed E-state index contributed by atoms with van der Waals surface area (Å²) in [5.74, 6) is 0. The van der Waals surface area contributed by atoms with Crippen LogP contribution < -0.4 is 4.90 Å². The van der Waals surface area contributed by atoms with Crippen LogP contribution in [0.2, 0.25) is 0 Å². The topological polar surface area (TPSA) is 3.24 Å². The molecule has 0 spiro atoms. The zero-order valence-electron chi connectivity index (χ0n) is 34.6. The maximum atomic E-state index is 2.53. The van der Waals surface area contributed by atoms with Crippen molar-refractivity contribution in [2.45, 2.75) is 24.7 Å². The van der Waals surface area contributed by atoms with E-state index in [1.165, 1.54) is 97.4 Å². The van der Waals surface area contributed by atoms with Gasteiger partial charge in [0.15, 0.2) is 0 Å². The molecule has 1 aromatic heterocycles. The number of anilines is 3. The molecule has 2 heteroatoms. The second kappa shape index (κ2) is 13.1. The predicted octanol–water partition coefficient (Wildman–Crippen LogP) is 16.5. The SMILES string of the molecule is CC1(C)c2ccccc2-c2ccc(N(c3cccc(-c4ccccc4)c3)c3cc4c5c(ccc6cccc(c65)C4(c4ccccc4)c4ccc5c(c4)sc4ccccc45)c3)cc21. The summed E-state index contributed by atoms with van der Waals surface area (Å²) in [6.45, 7) is 4.76. The Morgan fingerprint density at radius 2 is 1.03 bits per heavy atom. The minimum atomic E-state index is -0.567. The van der Waals surface area contributed by atoms with E-state index in [0.29, 0.717) is 0 Å². The summed E-state index contributed by atoms with van der Waals surface area (Å²) in [5, 5.41) is 7.85. The molecule has 0 N–H and O–H groups in total. The summed E-state index contributed by atoms with van der Waals surface area (Å²) in [4.78, 5) is 2.51. The molecule has 1 nitrogen and oxygen atoms in total. The lowest BCUT2D eigenvalue weighted by molar-refractivity contribution is 0.660. The van der Waals surface area contributed by atoms with Crippen molar-refractivity contribution in [2.24, 2.45) is 0 Å². The maximum absolute atomic E-state index is 2.53. The Morgan fingerprint density at radius 3 is 1.92 bits per heavy atom. The summed E-state index contributed by atoms with van der Waals surface area (Å²) in [5.41, 5.74) is 15.7. The molecular formula is C60H41NS. The molecule has 0 fully saturated rings. The first-order chi connectivity index (χ1) is 30.5. The summed E-state index contributed by atoms with van der Waals surface area (Å²) >= 11 is 1.90. The maximum Gasteiger partial charge on any atom is 0.0715 e. The number of nitrogens with zero attached hydrogens (tertiary/aromatic N) is 1. The highest BCUT2D eigenvalue weighted by atomic mass is 32.1.